The van der Waals surface area contributed by atoms with Gasteiger partial charge in [0, 0.05) is 12.5 Å². The number of piperidine rings is 1. The highest BCUT2D eigenvalue weighted by molar-refractivity contribution is 5.69. The lowest BCUT2D eigenvalue weighted by molar-refractivity contribution is -0.144. The van der Waals surface area contributed by atoms with Crippen molar-refractivity contribution in [2.24, 2.45) is 5.92 Å². The van der Waals surface area contributed by atoms with Crippen molar-refractivity contribution in [2.75, 3.05) is 13.2 Å². The molecular weight excluding hydrogens is 190 g/mol. The lowest BCUT2D eigenvalue weighted by atomic mass is 9.88. The van der Waals surface area contributed by atoms with E-state index in [2.05, 4.69) is 12.2 Å². The maximum Gasteiger partial charge on any atom is 0.306 e. The van der Waals surface area contributed by atoms with E-state index in [1.165, 1.54) is 19.3 Å². The minimum absolute atomic E-state index is 0.0447. The predicted octanol–water partition coefficient (Wildman–Crippen LogP) is 2.11. The maximum absolute atomic E-state index is 11.4. The summed E-state index contributed by atoms with van der Waals surface area (Å²) in [6.07, 6.45) is 5.39. The molecule has 1 N–H and O–H groups in total. The molecule has 88 valence electrons. The molecular formula is C12H23NO2. The second-order valence-electron chi connectivity index (χ2n) is 4.23. The van der Waals surface area contributed by atoms with E-state index in [0.717, 1.165) is 13.0 Å². The normalized spacial score (nSPS) is 23.5. The summed E-state index contributed by atoms with van der Waals surface area (Å²) in [4.78, 5) is 11.4. The van der Waals surface area contributed by atoms with E-state index in [0.29, 0.717) is 25.0 Å². The number of hydrogen-bond acceptors (Lipinski definition) is 3. The molecule has 0 bridgehead atoms. The molecule has 1 saturated heterocycles. The van der Waals surface area contributed by atoms with Gasteiger partial charge in [-0.05, 0) is 32.2 Å². The van der Waals surface area contributed by atoms with E-state index in [9.17, 15) is 4.79 Å². The van der Waals surface area contributed by atoms with Crippen molar-refractivity contribution < 1.29 is 9.53 Å². The van der Waals surface area contributed by atoms with Crippen LogP contribution < -0.4 is 5.32 Å². The third-order valence-corrected chi connectivity index (χ3v) is 3.18. The average Bonchev–Trinajstić information content (AvgIpc) is 2.27. The Balaban J connectivity index is 2.36. The smallest absolute Gasteiger partial charge is 0.306 e. The molecule has 0 amide bonds. The molecule has 1 aliphatic rings. The number of carbonyl (C=O) groups is 1. The fourth-order valence-electron chi connectivity index (χ4n) is 2.29. The summed E-state index contributed by atoms with van der Waals surface area (Å²) in [6.45, 7) is 5.61. The van der Waals surface area contributed by atoms with E-state index in [-0.39, 0.29) is 5.97 Å². The molecule has 3 nitrogen and oxygen atoms in total. The van der Waals surface area contributed by atoms with E-state index >= 15 is 0 Å². The number of esters is 1. The molecule has 0 spiro atoms. The lowest BCUT2D eigenvalue weighted by Gasteiger charge is -2.30. The molecule has 1 fully saturated rings. The molecule has 0 aromatic carbocycles. The first-order valence-electron chi connectivity index (χ1n) is 6.16. The SMILES string of the molecule is CCOC(=O)CC(CC)C1CCCCN1. The molecule has 1 rings (SSSR count). The van der Waals surface area contributed by atoms with Crippen LogP contribution in [0.3, 0.4) is 0 Å². The lowest BCUT2D eigenvalue weighted by Crippen LogP contribution is -2.40. The summed E-state index contributed by atoms with van der Waals surface area (Å²) >= 11 is 0. The van der Waals surface area contributed by atoms with Crippen molar-refractivity contribution >= 4 is 5.97 Å². The van der Waals surface area contributed by atoms with Crippen molar-refractivity contribution in [3.8, 4) is 0 Å². The molecule has 1 heterocycles. The van der Waals surface area contributed by atoms with E-state index < -0.39 is 0 Å². The Morgan fingerprint density at radius 2 is 2.27 bits per heavy atom. The molecule has 1 aliphatic heterocycles. The minimum atomic E-state index is -0.0447. The van der Waals surface area contributed by atoms with Gasteiger partial charge in [0.25, 0.3) is 0 Å². The number of rotatable bonds is 5. The van der Waals surface area contributed by atoms with Gasteiger partial charge in [0.05, 0.1) is 6.61 Å². The van der Waals surface area contributed by atoms with Gasteiger partial charge in [-0.3, -0.25) is 4.79 Å². The van der Waals surface area contributed by atoms with Gasteiger partial charge in [0.1, 0.15) is 0 Å². The fourth-order valence-corrected chi connectivity index (χ4v) is 2.29. The number of hydrogen-bond donors (Lipinski definition) is 1. The van der Waals surface area contributed by atoms with Crippen LogP contribution in [-0.4, -0.2) is 25.2 Å². The summed E-state index contributed by atoms with van der Waals surface area (Å²) in [7, 11) is 0. The first-order chi connectivity index (χ1) is 7.27. The molecule has 15 heavy (non-hydrogen) atoms. The zero-order valence-corrected chi connectivity index (χ0v) is 9.92. The highest BCUT2D eigenvalue weighted by atomic mass is 16.5. The highest BCUT2D eigenvalue weighted by Gasteiger charge is 2.24. The number of carbonyl (C=O) groups excluding carboxylic acids is 1. The zero-order chi connectivity index (χ0) is 11.1. The maximum atomic E-state index is 11.4. The Morgan fingerprint density at radius 1 is 1.47 bits per heavy atom. The third-order valence-electron chi connectivity index (χ3n) is 3.18. The van der Waals surface area contributed by atoms with Gasteiger partial charge >= 0.3 is 5.97 Å². The van der Waals surface area contributed by atoms with Crippen LogP contribution in [0.2, 0.25) is 0 Å². The fraction of sp³-hybridized carbons (Fsp3) is 0.917. The average molecular weight is 213 g/mol. The minimum Gasteiger partial charge on any atom is -0.466 e. The number of ether oxygens (including phenoxy) is 1. The zero-order valence-electron chi connectivity index (χ0n) is 9.92. The van der Waals surface area contributed by atoms with Gasteiger partial charge < -0.3 is 10.1 Å². The van der Waals surface area contributed by atoms with E-state index in [1.54, 1.807) is 0 Å². The van der Waals surface area contributed by atoms with Crippen LogP contribution in [0.4, 0.5) is 0 Å². The monoisotopic (exact) mass is 213 g/mol. The summed E-state index contributed by atoms with van der Waals surface area (Å²) < 4.78 is 5.00. The largest absolute Gasteiger partial charge is 0.466 e. The van der Waals surface area contributed by atoms with Crippen LogP contribution in [0.15, 0.2) is 0 Å². The standard InChI is InChI=1S/C12H23NO2/c1-3-10(9-12(14)15-4-2)11-7-5-6-8-13-11/h10-11,13H,3-9H2,1-2H3. The second-order valence-corrected chi connectivity index (χ2v) is 4.23. The van der Waals surface area contributed by atoms with Gasteiger partial charge in [0.2, 0.25) is 0 Å². The van der Waals surface area contributed by atoms with E-state index in [1.807, 2.05) is 6.92 Å². The molecule has 0 aromatic heterocycles. The first-order valence-corrected chi connectivity index (χ1v) is 6.16. The summed E-state index contributed by atoms with van der Waals surface area (Å²) in [5, 5.41) is 3.51. The Kier molecular flexibility index (Phi) is 5.69. The molecule has 0 radical (unpaired) electrons. The third kappa shape index (κ3) is 4.20. The Labute approximate surface area is 92.6 Å². The first kappa shape index (κ1) is 12.5. The van der Waals surface area contributed by atoms with Gasteiger partial charge in [-0.25, -0.2) is 0 Å². The van der Waals surface area contributed by atoms with Crippen molar-refractivity contribution in [3.05, 3.63) is 0 Å². The van der Waals surface area contributed by atoms with Crippen molar-refractivity contribution in [1.82, 2.24) is 5.32 Å². The van der Waals surface area contributed by atoms with Gasteiger partial charge in [-0.2, -0.15) is 0 Å². The molecule has 0 aromatic rings. The van der Waals surface area contributed by atoms with Crippen LogP contribution in [0, 0.1) is 5.92 Å². The number of nitrogens with one attached hydrogen (secondary N) is 1. The van der Waals surface area contributed by atoms with Gasteiger partial charge in [-0.15, -0.1) is 0 Å². The van der Waals surface area contributed by atoms with Crippen LogP contribution >= 0.6 is 0 Å². The van der Waals surface area contributed by atoms with Crippen molar-refractivity contribution in [1.29, 1.82) is 0 Å². The molecule has 0 saturated carbocycles. The predicted molar refractivity (Wildman–Crippen MR) is 60.7 cm³/mol. The molecule has 3 heteroatoms. The van der Waals surface area contributed by atoms with E-state index in [4.69, 9.17) is 4.74 Å². The van der Waals surface area contributed by atoms with Crippen LogP contribution in [0.1, 0.15) is 46.0 Å². The van der Waals surface area contributed by atoms with Crippen LogP contribution in [0.25, 0.3) is 0 Å². The molecule has 0 aliphatic carbocycles. The van der Waals surface area contributed by atoms with Gasteiger partial charge in [0.15, 0.2) is 0 Å². The second kappa shape index (κ2) is 6.83. The van der Waals surface area contributed by atoms with Crippen molar-refractivity contribution in [2.45, 2.75) is 52.0 Å². The summed E-state index contributed by atoms with van der Waals surface area (Å²) in [5.74, 6) is 0.404. The highest BCUT2D eigenvalue weighted by Crippen LogP contribution is 2.21. The quantitative estimate of drug-likeness (QED) is 0.711. The topological polar surface area (TPSA) is 38.3 Å². The van der Waals surface area contributed by atoms with Gasteiger partial charge in [-0.1, -0.05) is 19.8 Å². The Morgan fingerprint density at radius 3 is 2.80 bits per heavy atom. The molecule has 2 atom stereocenters. The Hall–Kier alpha value is -0.570. The van der Waals surface area contributed by atoms with Crippen molar-refractivity contribution in [3.63, 3.8) is 0 Å². The molecule has 2 unspecified atom stereocenters. The summed E-state index contributed by atoms with van der Waals surface area (Å²) in [6, 6.07) is 0.521. The summed E-state index contributed by atoms with van der Waals surface area (Å²) in [5.41, 5.74) is 0. The van der Waals surface area contributed by atoms with Crippen LogP contribution in [-0.2, 0) is 9.53 Å². The Bertz CT molecular complexity index is 188. The van der Waals surface area contributed by atoms with Crippen LogP contribution in [0.5, 0.6) is 0 Å².